The second-order valence-electron chi connectivity index (χ2n) is 11.1. The highest BCUT2D eigenvalue weighted by Crippen LogP contribution is 2.31. The number of hydrogen-bond acceptors (Lipinski definition) is 13. The van der Waals surface area contributed by atoms with Crippen LogP contribution < -0.4 is 9.47 Å². The minimum atomic E-state index is -0.920. The normalized spacial score (nSPS) is 19.2. The average Bonchev–Trinajstić information content (AvgIpc) is 3.69. The highest BCUT2D eigenvalue weighted by molar-refractivity contribution is 5.92. The van der Waals surface area contributed by atoms with Gasteiger partial charge in [-0.3, -0.25) is 0 Å². The summed E-state index contributed by atoms with van der Waals surface area (Å²) < 4.78 is 43.1. The van der Waals surface area contributed by atoms with E-state index in [-0.39, 0.29) is 49.1 Å². The lowest BCUT2D eigenvalue weighted by molar-refractivity contribution is -0.137. The lowest BCUT2D eigenvalue weighted by Gasteiger charge is -2.17. The molecule has 2 heterocycles. The monoisotopic (exact) mass is 674 g/mol. The molecule has 3 aromatic carbocycles. The fourth-order valence-corrected chi connectivity index (χ4v) is 4.93. The lowest BCUT2D eigenvalue weighted by atomic mass is 10.1. The summed E-state index contributed by atoms with van der Waals surface area (Å²) in [5.74, 6) is -1.96. The first-order valence-electron chi connectivity index (χ1n) is 15.5. The molecule has 256 valence electrons. The molecule has 5 rings (SSSR count). The molecule has 2 fully saturated rings. The zero-order valence-electron chi connectivity index (χ0n) is 26.6. The van der Waals surface area contributed by atoms with Gasteiger partial charge in [0.2, 0.25) is 0 Å². The van der Waals surface area contributed by atoms with Crippen LogP contribution in [-0.2, 0) is 33.2 Å². The van der Waals surface area contributed by atoms with Crippen LogP contribution in [0.1, 0.15) is 49.5 Å². The second-order valence-corrected chi connectivity index (χ2v) is 11.1. The Morgan fingerprint density at radius 2 is 1.10 bits per heavy atom. The van der Waals surface area contributed by atoms with E-state index in [1.54, 1.807) is 12.1 Å². The lowest BCUT2D eigenvalue weighted by Crippen LogP contribution is -2.36. The number of unbranched alkanes of at least 4 members (excludes halogenated alkanes) is 1. The van der Waals surface area contributed by atoms with E-state index < -0.39 is 54.4 Å². The molecule has 13 heteroatoms. The Morgan fingerprint density at radius 1 is 0.653 bits per heavy atom. The molecule has 3 aromatic rings. The molecule has 0 radical (unpaired) electrons. The molecule has 4 atom stereocenters. The van der Waals surface area contributed by atoms with E-state index in [4.69, 9.17) is 37.9 Å². The third-order valence-corrected chi connectivity index (χ3v) is 7.53. The molecule has 0 aromatic heterocycles. The summed E-state index contributed by atoms with van der Waals surface area (Å²) in [6.07, 6.45) is -1.38. The van der Waals surface area contributed by atoms with Crippen molar-refractivity contribution < 1.29 is 61.9 Å². The maximum atomic E-state index is 12.9. The Kier molecular flexibility index (Phi) is 11.7. The molecule has 0 bridgehead atoms. The summed E-state index contributed by atoms with van der Waals surface area (Å²) >= 11 is 0. The molecule has 0 spiro atoms. The topological polar surface area (TPSA) is 159 Å². The van der Waals surface area contributed by atoms with Crippen molar-refractivity contribution in [2.45, 2.75) is 44.2 Å². The van der Waals surface area contributed by atoms with Gasteiger partial charge in [0.25, 0.3) is 0 Å². The summed E-state index contributed by atoms with van der Waals surface area (Å²) in [7, 11) is 0. The van der Waals surface area contributed by atoms with Crippen molar-refractivity contribution in [1.29, 1.82) is 0 Å². The van der Waals surface area contributed by atoms with Crippen molar-refractivity contribution in [3.05, 3.63) is 108 Å². The zero-order chi connectivity index (χ0) is 34.8. The van der Waals surface area contributed by atoms with Crippen molar-refractivity contribution in [2.24, 2.45) is 0 Å². The van der Waals surface area contributed by atoms with Gasteiger partial charge >= 0.3 is 30.0 Å². The smallest absolute Gasteiger partial charge is 0.463 e. The van der Waals surface area contributed by atoms with Crippen molar-refractivity contribution in [2.75, 3.05) is 26.4 Å². The first-order valence-corrected chi connectivity index (χ1v) is 15.5. The molecular weight excluding hydrogens is 640 g/mol. The van der Waals surface area contributed by atoms with Crippen LogP contribution in [-0.4, -0.2) is 80.9 Å². The van der Waals surface area contributed by atoms with Gasteiger partial charge in [-0.2, -0.15) is 0 Å². The molecule has 0 aliphatic carbocycles. The van der Waals surface area contributed by atoms with E-state index in [2.05, 4.69) is 6.58 Å². The Hall–Kier alpha value is -5.53. The number of esters is 4. The third kappa shape index (κ3) is 9.52. The first-order chi connectivity index (χ1) is 23.7. The first kappa shape index (κ1) is 34.8. The summed E-state index contributed by atoms with van der Waals surface area (Å²) in [6, 6.07) is 18.5. The van der Waals surface area contributed by atoms with Gasteiger partial charge in [-0.1, -0.05) is 24.3 Å². The van der Waals surface area contributed by atoms with E-state index in [1.807, 2.05) is 19.1 Å². The Morgan fingerprint density at radius 3 is 1.61 bits per heavy atom. The maximum Gasteiger partial charge on any atom is 0.513 e. The predicted molar refractivity (Wildman–Crippen MR) is 169 cm³/mol. The van der Waals surface area contributed by atoms with Crippen molar-refractivity contribution in [3.63, 3.8) is 0 Å². The van der Waals surface area contributed by atoms with E-state index in [9.17, 15) is 24.0 Å². The van der Waals surface area contributed by atoms with Crippen LogP contribution >= 0.6 is 0 Å². The summed E-state index contributed by atoms with van der Waals surface area (Å²) in [5.41, 5.74) is 1.85. The largest absolute Gasteiger partial charge is 0.513 e. The second kappa shape index (κ2) is 16.5. The SMILES string of the molecule is C=CC(=O)OCCCCOC(=O)Oc1ccc(C(=O)Oc2ccc(C(=O)O[C@H]3CO[C@H]4[C@@H]3OC[C@H]4OC(=O)c3ccc(C)cc3)cc2)cc1. The van der Waals surface area contributed by atoms with E-state index in [0.717, 1.165) is 11.6 Å². The number of aryl methyl sites for hydroxylation is 1. The van der Waals surface area contributed by atoms with Crippen LogP contribution in [0.2, 0.25) is 0 Å². The number of rotatable bonds is 13. The molecule has 2 aliphatic rings. The summed E-state index contributed by atoms with van der Waals surface area (Å²) in [6.45, 7) is 5.67. The number of hydrogen-bond donors (Lipinski definition) is 0. The molecule has 0 saturated carbocycles. The predicted octanol–water partition coefficient (Wildman–Crippen LogP) is 4.79. The number of benzene rings is 3. The minimum Gasteiger partial charge on any atom is -0.463 e. The van der Waals surface area contributed by atoms with E-state index >= 15 is 0 Å². The molecule has 0 unspecified atom stereocenters. The quantitative estimate of drug-likeness (QED) is 0.0609. The molecule has 0 amide bonds. The van der Waals surface area contributed by atoms with Gasteiger partial charge in [-0.25, -0.2) is 24.0 Å². The average molecular weight is 675 g/mol. The van der Waals surface area contributed by atoms with Crippen LogP contribution in [0.4, 0.5) is 4.79 Å². The standard InChI is InChI=1S/C36H34O13/c1-3-30(37)42-18-4-5-19-43-36(41)47-27-16-12-24(13-17-27)33(38)46-26-14-10-25(11-15-26)35(40)49-29-21-45-31-28(20-44-32(29)31)48-34(39)23-8-6-22(2)7-9-23/h3,6-17,28-29,31-32H,1,4-5,18-21H2,2H3/t28-,29+,31-,32-/m1/s1. The van der Waals surface area contributed by atoms with Crippen molar-refractivity contribution >= 4 is 30.0 Å². The number of fused-ring (bicyclic) bond motifs is 1. The number of carbonyl (C=O) groups is 5. The molecular formula is C36H34O13. The molecule has 49 heavy (non-hydrogen) atoms. The Labute approximate surface area is 281 Å². The highest BCUT2D eigenvalue weighted by atomic mass is 16.7. The van der Waals surface area contributed by atoms with Gasteiger partial charge < -0.3 is 37.9 Å². The van der Waals surface area contributed by atoms with Crippen LogP contribution in [0.25, 0.3) is 0 Å². The summed E-state index contributed by atoms with van der Waals surface area (Å²) in [4.78, 5) is 60.9. The van der Waals surface area contributed by atoms with Gasteiger partial charge in [0.1, 0.15) is 23.7 Å². The van der Waals surface area contributed by atoms with Crippen molar-refractivity contribution in [1.82, 2.24) is 0 Å². The molecule has 0 N–H and O–H groups in total. The number of ether oxygens (including phenoxy) is 8. The number of carbonyl (C=O) groups excluding carboxylic acids is 5. The fourth-order valence-electron chi connectivity index (χ4n) is 4.93. The van der Waals surface area contributed by atoms with Crippen LogP contribution in [0.15, 0.2) is 85.5 Å². The van der Waals surface area contributed by atoms with Gasteiger partial charge in [0.15, 0.2) is 12.2 Å². The molecule has 2 aliphatic heterocycles. The summed E-state index contributed by atoms with van der Waals surface area (Å²) in [5, 5.41) is 0. The molecule has 2 saturated heterocycles. The van der Waals surface area contributed by atoms with Gasteiger partial charge in [-0.05, 0) is 80.4 Å². The zero-order valence-corrected chi connectivity index (χ0v) is 26.6. The van der Waals surface area contributed by atoms with E-state index in [0.29, 0.717) is 18.4 Å². The highest BCUT2D eigenvalue weighted by Gasteiger charge is 2.51. The van der Waals surface area contributed by atoms with Gasteiger partial charge in [-0.15, -0.1) is 0 Å². The van der Waals surface area contributed by atoms with E-state index in [1.165, 1.54) is 48.5 Å². The van der Waals surface area contributed by atoms with Crippen LogP contribution in [0.3, 0.4) is 0 Å². The third-order valence-electron chi connectivity index (χ3n) is 7.53. The molecule has 13 nitrogen and oxygen atoms in total. The Balaban J connectivity index is 1.03. The van der Waals surface area contributed by atoms with Gasteiger partial charge in [0, 0.05) is 6.08 Å². The maximum absolute atomic E-state index is 12.9. The van der Waals surface area contributed by atoms with Crippen LogP contribution in [0.5, 0.6) is 11.5 Å². The van der Waals surface area contributed by atoms with Crippen molar-refractivity contribution in [3.8, 4) is 11.5 Å². The van der Waals surface area contributed by atoms with Gasteiger partial charge in [0.05, 0.1) is 43.1 Å². The van der Waals surface area contributed by atoms with Crippen LogP contribution in [0, 0.1) is 6.92 Å². The fraction of sp³-hybridized carbons (Fsp3) is 0.306. The minimum absolute atomic E-state index is 0.0736. The Bertz CT molecular complexity index is 1650.